The Labute approximate surface area is 122 Å². The maximum Gasteiger partial charge on any atom is 0.416 e. The molecule has 1 fully saturated rings. The zero-order valence-electron chi connectivity index (χ0n) is 11.7. The summed E-state index contributed by atoms with van der Waals surface area (Å²) in [5.41, 5.74) is 0.0994. The lowest BCUT2D eigenvalue weighted by molar-refractivity contribution is -0.137. The lowest BCUT2D eigenvalue weighted by Gasteiger charge is -2.22. The monoisotopic (exact) mass is 321 g/mol. The summed E-state index contributed by atoms with van der Waals surface area (Å²) in [7, 11) is -1.21. The number of hydrogen-bond donors (Lipinski definition) is 1. The van der Waals surface area contributed by atoms with Crippen molar-refractivity contribution in [1.29, 1.82) is 0 Å². The Morgan fingerprint density at radius 1 is 1.29 bits per heavy atom. The van der Waals surface area contributed by atoms with Crippen molar-refractivity contribution in [3.63, 3.8) is 0 Å². The van der Waals surface area contributed by atoms with Gasteiger partial charge in [-0.05, 0) is 43.5 Å². The van der Waals surface area contributed by atoms with Gasteiger partial charge in [-0.2, -0.15) is 13.2 Å². The van der Waals surface area contributed by atoms with E-state index in [1.807, 2.05) is 0 Å². The van der Waals surface area contributed by atoms with Crippen LogP contribution in [0.15, 0.2) is 24.3 Å². The van der Waals surface area contributed by atoms with E-state index in [4.69, 9.17) is 0 Å². The first-order chi connectivity index (χ1) is 9.71. The average molecular weight is 321 g/mol. The standard InChI is InChI=1S/C14H18F3NO2S/c1-18-13(11-6-7-21(19,20)9-11)8-10-2-4-12(5-3-10)14(15,16)17/h2-5,11,13,18H,6-9H2,1H3. The molecule has 21 heavy (non-hydrogen) atoms. The minimum atomic E-state index is -4.33. The number of nitrogens with one attached hydrogen (secondary N) is 1. The highest BCUT2D eigenvalue weighted by Gasteiger charge is 2.33. The highest BCUT2D eigenvalue weighted by atomic mass is 32.2. The van der Waals surface area contributed by atoms with E-state index in [1.54, 1.807) is 7.05 Å². The van der Waals surface area contributed by atoms with Crippen molar-refractivity contribution >= 4 is 9.84 Å². The molecule has 2 unspecified atom stereocenters. The lowest BCUT2D eigenvalue weighted by Crippen LogP contribution is -2.36. The summed E-state index contributed by atoms with van der Waals surface area (Å²) in [6.45, 7) is 0. The van der Waals surface area contributed by atoms with Gasteiger partial charge in [0.25, 0.3) is 0 Å². The number of sulfone groups is 1. The summed E-state index contributed by atoms with van der Waals surface area (Å²) in [6, 6.07) is 4.99. The van der Waals surface area contributed by atoms with Crippen LogP contribution in [0.25, 0.3) is 0 Å². The smallest absolute Gasteiger partial charge is 0.316 e. The van der Waals surface area contributed by atoms with Gasteiger partial charge in [-0.15, -0.1) is 0 Å². The van der Waals surface area contributed by atoms with Gasteiger partial charge in [-0.1, -0.05) is 12.1 Å². The number of benzene rings is 1. The maximum absolute atomic E-state index is 12.5. The van der Waals surface area contributed by atoms with Crippen LogP contribution in [-0.4, -0.2) is 33.0 Å². The Hall–Kier alpha value is -1.08. The van der Waals surface area contributed by atoms with Gasteiger partial charge in [0.05, 0.1) is 17.1 Å². The zero-order valence-corrected chi connectivity index (χ0v) is 12.5. The van der Waals surface area contributed by atoms with Gasteiger partial charge < -0.3 is 5.32 Å². The van der Waals surface area contributed by atoms with E-state index in [0.29, 0.717) is 12.8 Å². The Morgan fingerprint density at radius 2 is 1.90 bits per heavy atom. The summed E-state index contributed by atoms with van der Waals surface area (Å²) in [5, 5.41) is 3.09. The molecule has 1 aliphatic heterocycles. The Kier molecular flexibility index (Phi) is 4.63. The fraction of sp³-hybridized carbons (Fsp3) is 0.571. The third-order valence-corrected chi connectivity index (χ3v) is 5.74. The predicted octanol–water partition coefficient (Wildman–Crippen LogP) is 2.27. The Morgan fingerprint density at radius 3 is 2.33 bits per heavy atom. The molecule has 0 aliphatic carbocycles. The summed E-state index contributed by atoms with van der Waals surface area (Å²) in [5.74, 6) is 0.365. The van der Waals surface area contributed by atoms with E-state index in [0.717, 1.165) is 17.7 Å². The van der Waals surface area contributed by atoms with E-state index >= 15 is 0 Å². The molecule has 0 radical (unpaired) electrons. The molecule has 2 rings (SSSR count). The summed E-state index contributed by atoms with van der Waals surface area (Å²) >= 11 is 0. The maximum atomic E-state index is 12.5. The van der Waals surface area contributed by atoms with E-state index in [9.17, 15) is 21.6 Å². The molecule has 0 saturated carbocycles. The molecule has 0 spiro atoms. The molecule has 1 aromatic rings. The number of hydrogen-bond acceptors (Lipinski definition) is 3. The molecule has 118 valence electrons. The molecule has 1 aliphatic rings. The molecular weight excluding hydrogens is 303 g/mol. The van der Waals surface area contributed by atoms with Crippen molar-refractivity contribution in [3.05, 3.63) is 35.4 Å². The third-order valence-electron chi connectivity index (χ3n) is 3.94. The van der Waals surface area contributed by atoms with E-state index in [-0.39, 0.29) is 23.5 Å². The van der Waals surface area contributed by atoms with E-state index < -0.39 is 21.6 Å². The number of halogens is 3. The van der Waals surface area contributed by atoms with Crippen LogP contribution in [0.4, 0.5) is 13.2 Å². The second kappa shape index (κ2) is 5.96. The summed E-state index contributed by atoms with van der Waals surface area (Å²) in [6.07, 6.45) is -3.20. The fourth-order valence-corrected chi connectivity index (χ4v) is 4.61. The average Bonchev–Trinajstić information content (AvgIpc) is 2.75. The molecule has 0 aromatic heterocycles. The van der Waals surface area contributed by atoms with Crippen LogP contribution >= 0.6 is 0 Å². The number of rotatable bonds is 4. The van der Waals surface area contributed by atoms with Gasteiger partial charge in [-0.3, -0.25) is 0 Å². The predicted molar refractivity (Wildman–Crippen MR) is 74.8 cm³/mol. The van der Waals surface area contributed by atoms with Crippen molar-refractivity contribution in [2.75, 3.05) is 18.6 Å². The molecule has 2 atom stereocenters. The van der Waals surface area contributed by atoms with Gasteiger partial charge in [-0.25, -0.2) is 8.42 Å². The van der Waals surface area contributed by atoms with E-state index in [1.165, 1.54) is 12.1 Å². The van der Waals surface area contributed by atoms with Gasteiger partial charge in [0.15, 0.2) is 9.84 Å². The van der Waals surface area contributed by atoms with Crippen molar-refractivity contribution in [2.24, 2.45) is 5.92 Å². The first-order valence-electron chi connectivity index (χ1n) is 6.75. The van der Waals surface area contributed by atoms with Crippen LogP contribution in [0.5, 0.6) is 0 Å². The van der Waals surface area contributed by atoms with Crippen LogP contribution < -0.4 is 5.32 Å². The minimum absolute atomic E-state index is 0.0160. The topological polar surface area (TPSA) is 46.2 Å². The molecule has 3 nitrogen and oxygen atoms in total. The Balaban J connectivity index is 2.06. The van der Waals surface area contributed by atoms with Gasteiger partial charge in [0.2, 0.25) is 0 Å². The normalized spacial score (nSPS) is 23.1. The van der Waals surface area contributed by atoms with Crippen LogP contribution in [0.3, 0.4) is 0 Å². The Bertz CT molecular complexity index is 581. The van der Waals surface area contributed by atoms with Crippen LogP contribution in [0, 0.1) is 5.92 Å². The summed E-state index contributed by atoms with van der Waals surface area (Å²) < 4.78 is 60.5. The van der Waals surface area contributed by atoms with Gasteiger partial charge >= 0.3 is 6.18 Å². The quantitative estimate of drug-likeness (QED) is 0.925. The van der Waals surface area contributed by atoms with Gasteiger partial charge in [0, 0.05) is 6.04 Å². The first-order valence-corrected chi connectivity index (χ1v) is 8.57. The molecule has 0 bridgehead atoms. The second-order valence-corrected chi connectivity index (χ2v) is 7.69. The molecule has 1 heterocycles. The fourth-order valence-electron chi connectivity index (χ4n) is 2.73. The van der Waals surface area contributed by atoms with Crippen LogP contribution in [-0.2, 0) is 22.4 Å². The van der Waals surface area contributed by atoms with Crippen molar-refractivity contribution in [3.8, 4) is 0 Å². The molecule has 1 saturated heterocycles. The van der Waals surface area contributed by atoms with Gasteiger partial charge in [0.1, 0.15) is 0 Å². The largest absolute Gasteiger partial charge is 0.416 e. The van der Waals surface area contributed by atoms with Crippen LogP contribution in [0.2, 0.25) is 0 Å². The van der Waals surface area contributed by atoms with Crippen molar-refractivity contribution < 1.29 is 21.6 Å². The van der Waals surface area contributed by atoms with Crippen molar-refractivity contribution in [2.45, 2.75) is 25.1 Å². The summed E-state index contributed by atoms with van der Waals surface area (Å²) in [4.78, 5) is 0. The zero-order chi connectivity index (χ0) is 15.7. The third kappa shape index (κ3) is 4.20. The van der Waals surface area contributed by atoms with Crippen molar-refractivity contribution in [1.82, 2.24) is 5.32 Å². The SMILES string of the molecule is CNC(Cc1ccc(C(F)(F)F)cc1)C1CCS(=O)(=O)C1. The molecule has 1 N–H and O–H groups in total. The molecular formula is C14H18F3NO2S. The number of alkyl halides is 3. The highest BCUT2D eigenvalue weighted by molar-refractivity contribution is 7.91. The second-order valence-electron chi connectivity index (χ2n) is 5.46. The van der Waals surface area contributed by atoms with E-state index in [2.05, 4.69) is 5.32 Å². The van der Waals surface area contributed by atoms with Crippen LogP contribution in [0.1, 0.15) is 17.5 Å². The minimum Gasteiger partial charge on any atom is -0.316 e. The first kappa shape index (κ1) is 16.3. The molecule has 0 amide bonds. The molecule has 1 aromatic carbocycles. The number of likely N-dealkylation sites (N-methyl/N-ethyl adjacent to an activating group) is 1. The molecule has 7 heteroatoms. The highest BCUT2D eigenvalue weighted by Crippen LogP contribution is 2.30. The lowest BCUT2D eigenvalue weighted by atomic mass is 9.93.